The fraction of sp³-hybridized carbons (Fsp3) is 0.500. The Bertz CT molecular complexity index is 543. The molecule has 0 bridgehead atoms. The van der Waals surface area contributed by atoms with Gasteiger partial charge < -0.3 is 19.7 Å². The molecule has 2 saturated heterocycles. The maximum Gasteiger partial charge on any atom is 0.260 e. The molecular formula is C14H16ClFN2O3. The Morgan fingerprint density at radius 1 is 1.52 bits per heavy atom. The zero-order chi connectivity index (χ0) is 14.8. The minimum atomic E-state index is -0.438. The van der Waals surface area contributed by atoms with Crippen molar-refractivity contribution >= 4 is 17.5 Å². The van der Waals surface area contributed by atoms with E-state index in [0.717, 1.165) is 19.2 Å². The van der Waals surface area contributed by atoms with Crippen LogP contribution in [0, 0.1) is 5.82 Å². The van der Waals surface area contributed by atoms with Gasteiger partial charge in [-0.1, -0.05) is 11.6 Å². The number of amides is 1. The standard InChI is InChI=1S/C14H16ClFN2O3/c15-10-5-9(16)1-2-12(10)21-8-14(19)18-3-4-20-13-7-17-6-11(13)18/h1-2,5,11,13,17H,3-4,6-8H2/t11-,13+/m1/s1. The summed E-state index contributed by atoms with van der Waals surface area (Å²) in [7, 11) is 0. The highest BCUT2D eigenvalue weighted by atomic mass is 35.5. The van der Waals surface area contributed by atoms with Gasteiger partial charge in [-0.25, -0.2) is 4.39 Å². The summed E-state index contributed by atoms with van der Waals surface area (Å²) in [6.45, 7) is 2.47. The molecule has 0 aromatic heterocycles. The quantitative estimate of drug-likeness (QED) is 0.906. The highest BCUT2D eigenvalue weighted by Crippen LogP contribution is 2.25. The third-order valence-electron chi connectivity index (χ3n) is 3.76. The van der Waals surface area contributed by atoms with Crippen molar-refractivity contribution in [3.63, 3.8) is 0 Å². The average Bonchev–Trinajstić information content (AvgIpc) is 2.94. The molecule has 5 nitrogen and oxygen atoms in total. The monoisotopic (exact) mass is 314 g/mol. The van der Waals surface area contributed by atoms with E-state index >= 15 is 0 Å². The molecule has 21 heavy (non-hydrogen) atoms. The van der Waals surface area contributed by atoms with Gasteiger partial charge in [0, 0.05) is 19.6 Å². The molecule has 1 amide bonds. The van der Waals surface area contributed by atoms with Crippen molar-refractivity contribution in [1.82, 2.24) is 10.2 Å². The van der Waals surface area contributed by atoms with Crippen LogP contribution in [0.25, 0.3) is 0 Å². The zero-order valence-corrected chi connectivity index (χ0v) is 12.1. The van der Waals surface area contributed by atoms with Gasteiger partial charge in [0.25, 0.3) is 5.91 Å². The first-order valence-corrected chi connectivity index (χ1v) is 7.22. The lowest BCUT2D eigenvalue weighted by Crippen LogP contribution is -2.54. The van der Waals surface area contributed by atoms with Crippen molar-refractivity contribution in [3.8, 4) is 5.75 Å². The molecule has 0 radical (unpaired) electrons. The Balaban J connectivity index is 1.61. The number of benzene rings is 1. The van der Waals surface area contributed by atoms with E-state index in [2.05, 4.69) is 5.32 Å². The minimum absolute atomic E-state index is 0.0529. The van der Waals surface area contributed by atoms with Crippen LogP contribution < -0.4 is 10.1 Å². The smallest absolute Gasteiger partial charge is 0.260 e. The molecule has 7 heteroatoms. The second-order valence-corrected chi connectivity index (χ2v) is 5.49. The van der Waals surface area contributed by atoms with Crippen molar-refractivity contribution in [1.29, 1.82) is 0 Å². The lowest BCUT2D eigenvalue weighted by Gasteiger charge is -2.36. The summed E-state index contributed by atoms with van der Waals surface area (Å²) in [5.41, 5.74) is 0. The first-order chi connectivity index (χ1) is 10.1. The second-order valence-electron chi connectivity index (χ2n) is 5.09. The summed E-state index contributed by atoms with van der Waals surface area (Å²) < 4.78 is 24.0. The normalized spacial score (nSPS) is 24.8. The van der Waals surface area contributed by atoms with Crippen LogP contribution in [-0.2, 0) is 9.53 Å². The fourth-order valence-electron chi connectivity index (χ4n) is 2.71. The number of morpholine rings is 1. The molecule has 0 aliphatic carbocycles. The van der Waals surface area contributed by atoms with Crippen LogP contribution in [0.2, 0.25) is 5.02 Å². The third kappa shape index (κ3) is 3.12. The summed E-state index contributed by atoms with van der Waals surface area (Å²) in [5.74, 6) is -0.245. The number of nitrogens with zero attached hydrogens (tertiary/aromatic N) is 1. The lowest BCUT2D eigenvalue weighted by atomic mass is 10.1. The largest absolute Gasteiger partial charge is 0.482 e. The molecule has 1 aromatic rings. The SMILES string of the molecule is O=C(COc1ccc(F)cc1Cl)N1CCO[C@H]2CNC[C@H]21. The number of ether oxygens (including phenoxy) is 2. The van der Waals surface area contributed by atoms with E-state index in [1.165, 1.54) is 12.1 Å². The Morgan fingerprint density at radius 2 is 2.38 bits per heavy atom. The van der Waals surface area contributed by atoms with Gasteiger partial charge >= 0.3 is 0 Å². The minimum Gasteiger partial charge on any atom is -0.482 e. The number of halogens is 2. The summed E-state index contributed by atoms with van der Waals surface area (Å²) in [6, 6.07) is 3.88. The van der Waals surface area contributed by atoms with Gasteiger partial charge in [0.2, 0.25) is 0 Å². The van der Waals surface area contributed by atoms with Crippen molar-refractivity contribution in [2.24, 2.45) is 0 Å². The van der Waals surface area contributed by atoms with Gasteiger partial charge in [-0.05, 0) is 18.2 Å². The Kier molecular flexibility index (Phi) is 4.28. The molecule has 2 atom stereocenters. The van der Waals surface area contributed by atoms with E-state index in [9.17, 15) is 9.18 Å². The van der Waals surface area contributed by atoms with E-state index < -0.39 is 5.82 Å². The summed E-state index contributed by atoms with van der Waals surface area (Å²) >= 11 is 5.87. The van der Waals surface area contributed by atoms with E-state index in [-0.39, 0.29) is 29.7 Å². The van der Waals surface area contributed by atoms with Gasteiger partial charge in [-0.15, -0.1) is 0 Å². The van der Waals surface area contributed by atoms with Crippen LogP contribution in [0.3, 0.4) is 0 Å². The van der Waals surface area contributed by atoms with E-state index in [1.54, 1.807) is 4.90 Å². The number of carbonyl (C=O) groups excluding carboxylic acids is 1. The van der Waals surface area contributed by atoms with Crippen LogP contribution in [0.15, 0.2) is 18.2 Å². The molecule has 2 fully saturated rings. The van der Waals surface area contributed by atoms with Crippen molar-refractivity contribution < 1.29 is 18.7 Å². The van der Waals surface area contributed by atoms with Crippen LogP contribution in [0.5, 0.6) is 5.75 Å². The highest BCUT2D eigenvalue weighted by Gasteiger charge is 2.38. The number of hydrogen-bond donors (Lipinski definition) is 1. The number of rotatable bonds is 3. The molecule has 0 saturated carbocycles. The Morgan fingerprint density at radius 3 is 3.19 bits per heavy atom. The second kappa shape index (κ2) is 6.17. The Hall–Kier alpha value is -1.37. The van der Waals surface area contributed by atoms with Gasteiger partial charge in [-0.2, -0.15) is 0 Å². The number of nitrogens with one attached hydrogen (secondary N) is 1. The number of hydrogen-bond acceptors (Lipinski definition) is 4. The molecule has 2 heterocycles. The third-order valence-corrected chi connectivity index (χ3v) is 4.05. The topological polar surface area (TPSA) is 50.8 Å². The van der Waals surface area contributed by atoms with E-state index in [4.69, 9.17) is 21.1 Å². The fourth-order valence-corrected chi connectivity index (χ4v) is 2.94. The van der Waals surface area contributed by atoms with Gasteiger partial charge in [0.15, 0.2) is 6.61 Å². The highest BCUT2D eigenvalue weighted by molar-refractivity contribution is 6.32. The summed E-state index contributed by atoms with van der Waals surface area (Å²) in [5, 5.41) is 3.37. The summed E-state index contributed by atoms with van der Waals surface area (Å²) in [6.07, 6.45) is 0.0529. The van der Waals surface area contributed by atoms with Crippen LogP contribution in [0.4, 0.5) is 4.39 Å². The summed E-state index contributed by atoms with van der Waals surface area (Å²) in [4.78, 5) is 14.1. The lowest BCUT2D eigenvalue weighted by molar-refractivity contribution is -0.144. The van der Waals surface area contributed by atoms with E-state index in [0.29, 0.717) is 18.9 Å². The van der Waals surface area contributed by atoms with Crippen molar-refractivity contribution in [2.45, 2.75) is 12.1 Å². The molecule has 3 rings (SSSR count). The van der Waals surface area contributed by atoms with Crippen LogP contribution in [0.1, 0.15) is 0 Å². The molecule has 1 N–H and O–H groups in total. The van der Waals surface area contributed by atoms with Gasteiger partial charge in [0.05, 0.1) is 23.8 Å². The predicted molar refractivity (Wildman–Crippen MR) is 75.0 cm³/mol. The van der Waals surface area contributed by atoms with Crippen molar-refractivity contribution in [3.05, 3.63) is 29.0 Å². The predicted octanol–water partition coefficient (Wildman–Crippen LogP) is 1.06. The zero-order valence-electron chi connectivity index (χ0n) is 11.4. The van der Waals surface area contributed by atoms with Crippen molar-refractivity contribution in [2.75, 3.05) is 32.8 Å². The Labute approximate surface area is 127 Å². The maximum absolute atomic E-state index is 12.9. The molecule has 2 aliphatic heterocycles. The molecule has 0 spiro atoms. The molecule has 114 valence electrons. The van der Waals surface area contributed by atoms with Crippen LogP contribution >= 0.6 is 11.6 Å². The first-order valence-electron chi connectivity index (χ1n) is 6.85. The average molecular weight is 315 g/mol. The number of carbonyl (C=O) groups is 1. The molecule has 1 aromatic carbocycles. The number of fused-ring (bicyclic) bond motifs is 1. The first kappa shape index (κ1) is 14.6. The molecule has 0 unspecified atom stereocenters. The molecular weight excluding hydrogens is 299 g/mol. The van der Waals surface area contributed by atoms with Gasteiger partial charge in [0.1, 0.15) is 11.6 Å². The molecule has 2 aliphatic rings. The van der Waals surface area contributed by atoms with E-state index in [1.807, 2.05) is 0 Å². The maximum atomic E-state index is 12.9. The van der Waals surface area contributed by atoms with Crippen LogP contribution in [-0.4, -0.2) is 55.8 Å². The van der Waals surface area contributed by atoms with Gasteiger partial charge in [-0.3, -0.25) is 4.79 Å².